The number of ether oxygens (including phenoxy) is 1. The van der Waals surface area contributed by atoms with Gasteiger partial charge in [-0.15, -0.1) is 11.3 Å². The predicted molar refractivity (Wildman–Crippen MR) is 118 cm³/mol. The zero-order valence-corrected chi connectivity index (χ0v) is 18.6. The molecule has 1 amide bonds. The first-order valence-electron chi connectivity index (χ1n) is 9.45. The van der Waals surface area contributed by atoms with Gasteiger partial charge in [0.15, 0.2) is 5.13 Å². The summed E-state index contributed by atoms with van der Waals surface area (Å²) in [6.45, 7) is 2.98. The van der Waals surface area contributed by atoms with Gasteiger partial charge in [-0.2, -0.15) is 0 Å². The summed E-state index contributed by atoms with van der Waals surface area (Å²) < 4.78 is 6.73. The Bertz CT molecular complexity index is 1050. The highest BCUT2D eigenvalue weighted by molar-refractivity contribution is 9.10. The van der Waals surface area contributed by atoms with E-state index in [4.69, 9.17) is 9.84 Å². The summed E-state index contributed by atoms with van der Waals surface area (Å²) in [7, 11) is 0. The normalized spacial score (nSPS) is 14.5. The van der Waals surface area contributed by atoms with Crippen LogP contribution in [0.3, 0.4) is 0 Å². The number of amides is 1. The van der Waals surface area contributed by atoms with Gasteiger partial charge >= 0.3 is 6.09 Å². The second-order valence-electron chi connectivity index (χ2n) is 6.94. The van der Waals surface area contributed by atoms with Gasteiger partial charge < -0.3 is 20.1 Å². The number of piperidine rings is 1. The molecule has 3 aromatic rings. The van der Waals surface area contributed by atoms with Crippen molar-refractivity contribution in [2.45, 2.75) is 25.7 Å². The third kappa shape index (κ3) is 4.71. The zero-order chi connectivity index (χ0) is 21.1. The number of aromatic nitrogens is 3. The molecular weight excluding hydrogens is 470 g/mol. The third-order valence-corrected chi connectivity index (χ3v) is 6.31. The van der Waals surface area contributed by atoms with E-state index in [0.717, 1.165) is 33.8 Å². The summed E-state index contributed by atoms with van der Waals surface area (Å²) in [4.78, 5) is 25.8. The molecule has 8 nitrogen and oxygen atoms in total. The Balaban J connectivity index is 1.44. The lowest BCUT2D eigenvalue weighted by Gasteiger charge is -2.28. The van der Waals surface area contributed by atoms with E-state index < -0.39 is 6.09 Å². The smallest absolute Gasteiger partial charge is 0.407 e. The van der Waals surface area contributed by atoms with Gasteiger partial charge in [0.25, 0.3) is 0 Å². The number of likely N-dealkylation sites (tertiary alicyclic amines) is 1. The van der Waals surface area contributed by atoms with E-state index in [-0.39, 0.29) is 5.92 Å². The van der Waals surface area contributed by atoms with Crippen LogP contribution in [0.5, 0.6) is 11.5 Å². The molecule has 0 bridgehead atoms. The summed E-state index contributed by atoms with van der Waals surface area (Å²) in [5.74, 6) is 2.20. The van der Waals surface area contributed by atoms with Crippen LogP contribution in [-0.4, -0.2) is 44.1 Å². The number of hydrogen-bond donors (Lipinski definition) is 2. The summed E-state index contributed by atoms with van der Waals surface area (Å²) in [6, 6.07) is 5.50. The van der Waals surface area contributed by atoms with Crippen LogP contribution in [0.2, 0.25) is 0 Å². The number of carboxylic acid groups (broad SMARTS) is 1. The highest BCUT2D eigenvalue weighted by atomic mass is 79.9. The number of rotatable bonds is 5. The van der Waals surface area contributed by atoms with E-state index in [0.29, 0.717) is 30.4 Å². The number of thiazole rings is 1. The first-order valence-corrected chi connectivity index (χ1v) is 11.1. The fourth-order valence-electron chi connectivity index (χ4n) is 3.27. The summed E-state index contributed by atoms with van der Waals surface area (Å²) >= 11 is 4.98. The molecule has 4 rings (SSSR count). The van der Waals surface area contributed by atoms with Crippen molar-refractivity contribution in [3.63, 3.8) is 0 Å². The predicted octanol–water partition coefficient (Wildman–Crippen LogP) is 5.40. The number of hydrogen-bond acceptors (Lipinski definition) is 7. The summed E-state index contributed by atoms with van der Waals surface area (Å²) in [6.07, 6.45) is 4.12. The van der Waals surface area contributed by atoms with Crippen molar-refractivity contribution in [3.05, 3.63) is 51.8 Å². The SMILES string of the molecule is Cc1ncccc1Oc1cc(Nc2nc(C3CCN(C(=O)O)CC3)cs2)ncc1Br. The van der Waals surface area contributed by atoms with E-state index in [1.54, 1.807) is 12.4 Å². The molecule has 0 aliphatic carbocycles. The number of aryl methyl sites for hydroxylation is 1. The molecule has 156 valence electrons. The standard InChI is InChI=1S/C20H20BrN5O3S/c1-12-16(3-2-6-22-12)29-17-9-18(23-10-14(17)21)25-19-24-15(11-30-19)13-4-7-26(8-5-13)20(27)28/h2-3,6,9-11,13H,4-5,7-8H2,1H3,(H,27,28)(H,23,24,25). The first kappa shape index (κ1) is 20.5. The minimum Gasteiger partial charge on any atom is -0.465 e. The highest BCUT2D eigenvalue weighted by Crippen LogP contribution is 2.34. The van der Waals surface area contributed by atoms with E-state index >= 15 is 0 Å². The molecule has 3 aromatic heterocycles. The molecule has 0 unspecified atom stereocenters. The molecule has 1 fully saturated rings. The van der Waals surface area contributed by atoms with Crippen molar-refractivity contribution in [1.82, 2.24) is 19.9 Å². The van der Waals surface area contributed by atoms with Gasteiger partial charge in [0.1, 0.15) is 17.3 Å². The molecule has 30 heavy (non-hydrogen) atoms. The average Bonchev–Trinajstić information content (AvgIpc) is 3.20. The largest absolute Gasteiger partial charge is 0.465 e. The molecule has 2 N–H and O–H groups in total. The fourth-order valence-corrected chi connectivity index (χ4v) is 4.37. The van der Waals surface area contributed by atoms with Crippen LogP contribution in [0, 0.1) is 6.92 Å². The van der Waals surface area contributed by atoms with Crippen molar-refractivity contribution in [2.75, 3.05) is 18.4 Å². The Morgan fingerprint density at radius 1 is 1.33 bits per heavy atom. The first-order chi connectivity index (χ1) is 14.5. The van der Waals surface area contributed by atoms with Crippen LogP contribution in [0.1, 0.15) is 30.1 Å². The van der Waals surface area contributed by atoms with Crippen LogP contribution in [0.15, 0.2) is 40.4 Å². The monoisotopic (exact) mass is 489 g/mol. The van der Waals surface area contributed by atoms with Crippen molar-refractivity contribution < 1.29 is 14.6 Å². The zero-order valence-electron chi connectivity index (χ0n) is 16.2. The minimum absolute atomic E-state index is 0.276. The van der Waals surface area contributed by atoms with Crippen molar-refractivity contribution in [2.24, 2.45) is 0 Å². The molecule has 0 aromatic carbocycles. The summed E-state index contributed by atoms with van der Waals surface area (Å²) in [5.41, 5.74) is 1.79. The van der Waals surface area contributed by atoms with Crippen LogP contribution >= 0.6 is 27.3 Å². The number of carbonyl (C=O) groups is 1. The van der Waals surface area contributed by atoms with Crippen molar-refractivity contribution >= 4 is 44.3 Å². The van der Waals surface area contributed by atoms with Crippen LogP contribution in [0.25, 0.3) is 0 Å². The Labute approximate surface area is 186 Å². The number of halogens is 1. The third-order valence-electron chi connectivity index (χ3n) is 4.94. The molecule has 1 aliphatic heterocycles. The Hall–Kier alpha value is -2.72. The molecule has 0 radical (unpaired) electrons. The van der Waals surface area contributed by atoms with Gasteiger partial charge in [-0.25, -0.2) is 14.8 Å². The van der Waals surface area contributed by atoms with Gasteiger partial charge in [0, 0.05) is 42.8 Å². The number of anilines is 2. The van der Waals surface area contributed by atoms with Crippen LogP contribution in [0.4, 0.5) is 15.7 Å². The van der Waals surface area contributed by atoms with E-state index in [9.17, 15) is 4.79 Å². The maximum absolute atomic E-state index is 11.1. The molecule has 0 spiro atoms. The highest BCUT2D eigenvalue weighted by Gasteiger charge is 2.25. The quantitative estimate of drug-likeness (QED) is 0.494. The lowest BCUT2D eigenvalue weighted by molar-refractivity contribution is 0.132. The van der Waals surface area contributed by atoms with E-state index in [1.165, 1.54) is 16.2 Å². The number of pyridine rings is 2. The molecule has 1 aliphatic rings. The minimum atomic E-state index is -0.852. The maximum atomic E-state index is 11.1. The second-order valence-corrected chi connectivity index (χ2v) is 8.65. The molecule has 10 heteroatoms. The maximum Gasteiger partial charge on any atom is 0.407 e. The Morgan fingerprint density at radius 2 is 2.13 bits per heavy atom. The summed E-state index contributed by atoms with van der Waals surface area (Å²) in [5, 5.41) is 15.1. The van der Waals surface area contributed by atoms with Gasteiger partial charge in [-0.05, 0) is 47.8 Å². The van der Waals surface area contributed by atoms with Crippen molar-refractivity contribution in [3.8, 4) is 11.5 Å². The van der Waals surface area contributed by atoms with Crippen molar-refractivity contribution in [1.29, 1.82) is 0 Å². The fraction of sp³-hybridized carbons (Fsp3) is 0.300. The van der Waals surface area contributed by atoms with Crippen LogP contribution in [-0.2, 0) is 0 Å². The Morgan fingerprint density at radius 3 is 2.87 bits per heavy atom. The van der Waals surface area contributed by atoms with Crippen LogP contribution < -0.4 is 10.1 Å². The Kier molecular flexibility index (Phi) is 6.14. The lowest BCUT2D eigenvalue weighted by Crippen LogP contribution is -2.36. The lowest BCUT2D eigenvalue weighted by atomic mass is 9.94. The molecular formula is C20H20BrN5O3S. The number of nitrogens with zero attached hydrogens (tertiary/aromatic N) is 4. The average molecular weight is 490 g/mol. The van der Waals surface area contributed by atoms with Gasteiger partial charge in [0.2, 0.25) is 0 Å². The molecule has 1 saturated heterocycles. The molecule has 4 heterocycles. The van der Waals surface area contributed by atoms with Gasteiger partial charge in [-0.3, -0.25) is 4.98 Å². The number of nitrogens with one attached hydrogen (secondary N) is 1. The second kappa shape index (κ2) is 8.97. The van der Waals surface area contributed by atoms with E-state index in [2.05, 4.69) is 36.2 Å². The van der Waals surface area contributed by atoms with Gasteiger partial charge in [-0.1, -0.05) is 0 Å². The molecule has 0 saturated carbocycles. The molecule has 0 atom stereocenters. The van der Waals surface area contributed by atoms with Gasteiger partial charge in [0.05, 0.1) is 15.9 Å². The van der Waals surface area contributed by atoms with E-state index in [1.807, 2.05) is 30.5 Å². The topological polar surface area (TPSA) is 100 Å².